The van der Waals surface area contributed by atoms with Gasteiger partial charge in [0.1, 0.15) is 11.5 Å². The topological polar surface area (TPSA) is 92.6 Å². The molecule has 7 heteroatoms. The zero-order valence-corrected chi connectivity index (χ0v) is 18.1. The van der Waals surface area contributed by atoms with Crippen molar-refractivity contribution in [3.8, 4) is 0 Å². The van der Waals surface area contributed by atoms with Crippen LogP contribution in [0.25, 0.3) is 0 Å². The van der Waals surface area contributed by atoms with Crippen LogP contribution >= 0.6 is 0 Å². The maximum Gasteiger partial charge on any atom is 0.355 e. The zero-order chi connectivity index (χ0) is 21.8. The van der Waals surface area contributed by atoms with Gasteiger partial charge >= 0.3 is 5.97 Å². The Labute approximate surface area is 176 Å². The lowest BCUT2D eigenvalue weighted by Gasteiger charge is -2.30. The van der Waals surface area contributed by atoms with Crippen molar-refractivity contribution in [3.05, 3.63) is 46.7 Å². The molecule has 1 aliphatic rings. The van der Waals surface area contributed by atoms with E-state index >= 15 is 0 Å². The molecule has 3 rings (SSSR count). The number of aromatic nitrogens is 1. The Bertz CT molecular complexity index is 906. The lowest BCUT2D eigenvalue weighted by atomic mass is 9.98. The van der Waals surface area contributed by atoms with Gasteiger partial charge < -0.3 is 19.0 Å². The third kappa shape index (κ3) is 4.35. The van der Waals surface area contributed by atoms with Gasteiger partial charge in [0.2, 0.25) is 5.91 Å². The molecule has 7 nitrogen and oxygen atoms in total. The molecule has 0 spiro atoms. The van der Waals surface area contributed by atoms with Crippen molar-refractivity contribution < 1.29 is 23.5 Å². The van der Waals surface area contributed by atoms with Gasteiger partial charge in [0.05, 0.1) is 25.5 Å². The number of esters is 1. The van der Waals surface area contributed by atoms with E-state index in [1.165, 1.54) is 0 Å². The van der Waals surface area contributed by atoms with Gasteiger partial charge in [-0.05, 0) is 58.2 Å². The van der Waals surface area contributed by atoms with Crippen molar-refractivity contribution in [1.29, 1.82) is 0 Å². The van der Waals surface area contributed by atoms with E-state index in [0.29, 0.717) is 22.6 Å². The molecular formula is C23H30N2O5. The fourth-order valence-corrected chi connectivity index (χ4v) is 4.26. The highest BCUT2D eigenvalue weighted by molar-refractivity contribution is 6.06. The average Bonchev–Trinajstić information content (AvgIpc) is 3.47. The number of rotatable bonds is 8. The summed E-state index contributed by atoms with van der Waals surface area (Å²) in [7, 11) is 0. The largest absolute Gasteiger partial charge is 0.467 e. The van der Waals surface area contributed by atoms with Crippen molar-refractivity contribution >= 4 is 17.7 Å². The summed E-state index contributed by atoms with van der Waals surface area (Å²) in [6.07, 6.45) is 5.33. The Morgan fingerprint density at radius 2 is 1.97 bits per heavy atom. The molecule has 30 heavy (non-hydrogen) atoms. The van der Waals surface area contributed by atoms with E-state index in [9.17, 15) is 14.4 Å². The Balaban J connectivity index is 1.90. The van der Waals surface area contributed by atoms with Crippen LogP contribution in [0.4, 0.5) is 0 Å². The van der Waals surface area contributed by atoms with Crippen molar-refractivity contribution in [2.24, 2.45) is 5.92 Å². The van der Waals surface area contributed by atoms with E-state index in [2.05, 4.69) is 4.98 Å². The van der Waals surface area contributed by atoms with Gasteiger partial charge in [0, 0.05) is 17.2 Å². The summed E-state index contributed by atoms with van der Waals surface area (Å²) in [4.78, 5) is 43.6. The number of hydrogen-bond donors (Lipinski definition) is 1. The van der Waals surface area contributed by atoms with Crippen LogP contribution in [0.1, 0.15) is 77.4 Å². The minimum atomic E-state index is -0.688. The quantitative estimate of drug-likeness (QED) is 0.516. The Hall–Kier alpha value is -2.83. The fourth-order valence-electron chi connectivity index (χ4n) is 4.26. The van der Waals surface area contributed by atoms with E-state index in [4.69, 9.17) is 9.15 Å². The average molecular weight is 415 g/mol. The third-order valence-corrected chi connectivity index (χ3v) is 5.90. The number of ether oxygens (including phenoxy) is 1. The number of hydrogen-bond acceptors (Lipinski definition) is 5. The molecule has 2 aromatic heterocycles. The number of H-pyrrole nitrogens is 1. The number of carbonyl (C=O) groups excluding carboxylic acids is 3. The third-order valence-electron chi connectivity index (χ3n) is 5.90. The summed E-state index contributed by atoms with van der Waals surface area (Å²) in [5.41, 5.74) is 1.87. The summed E-state index contributed by atoms with van der Waals surface area (Å²) in [6.45, 7) is 7.45. The number of Topliss-reactive ketones (excluding diaryl/α,β-unsaturated/α-hetero) is 1. The van der Waals surface area contributed by atoms with E-state index in [-0.39, 0.29) is 36.5 Å². The van der Waals surface area contributed by atoms with Crippen molar-refractivity contribution in [2.45, 2.75) is 66.0 Å². The fraction of sp³-hybridized carbons (Fsp3) is 0.522. The number of ketones is 1. The minimum absolute atomic E-state index is 0.0128. The Kier molecular flexibility index (Phi) is 6.80. The normalized spacial score (nSPS) is 15.2. The molecule has 0 aromatic carbocycles. The molecular weight excluding hydrogens is 384 g/mol. The predicted molar refractivity (Wildman–Crippen MR) is 111 cm³/mol. The van der Waals surface area contributed by atoms with Gasteiger partial charge in [0.15, 0.2) is 5.78 Å². The number of furan rings is 1. The second-order valence-corrected chi connectivity index (χ2v) is 7.91. The highest BCUT2D eigenvalue weighted by Crippen LogP contribution is 2.29. The molecule has 162 valence electrons. The van der Waals surface area contributed by atoms with E-state index in [1.807, 2.05) is 0 Å². The maximum atomic E-state index is 13.5. The molecule has 1 unspecified atom stereocenters. The van der Waals surface area contributed by atoms with Crippen molar-refractivity contribution in [2.75, 3.05) is 6.61 Å². The van der Waals surface area contributed by atoms with Crippen LogP contribution in [0.15, 0.2) is 22.8 Å². The van der Waals surface area contributed by atoms with Crippen LogP contribution in [0.2, 0.25) is 0 Å². The number of amides is 1. The first-order valence-corrected chi connectivity index (χ1v) is 10.6. The molecule has 1 fully saturated rings. The summed E-state index contributed by atoms with van der Waals surface area (Å²) >= 11 is 0. The molecule has 0 saturated heterocycles. The van der Waals surface area contributed by atoms with Gasteiger partial charge in [-0.25, -0.2) is 4.79 Å². The highest BCUT2D eigenvalue weighted by atomic mass is 16.5. The first kappa shape index (κ1) is 21.9. The maximum absolute atomic E-state index is 13.5. The number of carbonyl (C=O) groups is 3. The molecule has 2 aromatic rings. The molecule has 2 heterocycles. The standard InChI is InChI=1S/C23H30N2O5/c1-5-29-23(28)20-14(2)19(15(3)24-20)21(26)16(4)25(13-18-11-8-12-30-18)22(27)17-9-6-7-10-17/h8,11-12,16-17,24H,5-7,9-10,13H2,1-4H3. The molecule has 0 radical (unpaired) electrons. The van der Waals surface area contributed by atoms with Crippen LogP contribution in [0.3, 0.4) is 0 Å². The molecule has 1 N–H and O–H groups in total. The summed E-state index contributed by atoms with van der Waals surface area (Å²) in [5.74, 6) is -0.121. The summed E-state index contributed by atoms with van der Waals surface area (Å²) < 4.78 is 10.5. The first-order chi connectivity index (χ1) is 14.3. The molecule has 1 amide bonds. The van der Waals surface area contributed by atoms with Crippen molar-refractivity contribution in [1.82, 2.24) is 9.88 Å². The van der Waals surface area contributed by atoms with Gasteiger partial charge in [0.25, 0.3) is 0 Å². The zero-order valence-electron chi connectivity index (χ0n) is 18.1. The van der Waals surface area contributed by atoms with E-state index < -0.39 is 12.0 Å². The van der Waals surface area contributed by atoms with Gasteiger partial charge in [-0.2, -0.15) is 0 Å². The highest BCUT2D eigenvalue weighted by Gasteiger charge is 2.35. The lowest BCUT2D eigenvalue weighted by molar-refractivity contribution is -0.137. The second kappa shape index (κ2) is 9.32. The van der Waals surface area contributed by atoms with Gasteiger partial charge in [-0.3, -0.25) is 9.59 Å². The SMILES string of the molecule is CCOC(=O)c1[nH]c(C)c(C(=O)C(C)N(Cc2ccco2)C(=O)C2CCCC2)c1C. The Morgan fingerprint density at radius 3 is 2.57 bits per heavy atom. The summed E-state index contributed by atoms with van der Waals surface area (Å²) in [5, 5.41) is 0. The lowest BCUT2D eigenvalue weighted by Crippen LogP contribution is -2.45. The number of aryl methyl sites for hydroxylation is 1. The molecule has 0 bridgehead atoms. The van der Waals surface area contributed by atoms with Crippen LogP contribution < -0.4 is 0 Å². The molecule has 1 atom stereocenters. The van der Waals surface area contributed by atoms with Crippen molar-refractivity contribution in [3.63, 3.8) is 0 Å². The number of nitrogens with zero attached hydrogens (tertiary/aromatic N) is 1. The van der Waals surface area contributed by atoms with Gasteiger partial charge in [-0.15, -0.1) is 0 Å². The molecule has 1 saturated carbocycles. The van der Waals surface area contributed by atoms with E-state index in [1.54, 1.807) is 51.0 Å². The molecule has 1 aliphatic carbocycles. The number of nitrogens with one attached hydrogen (secondary N) is 1. The van der Waals surface area contributed by atoms with Gasteiger partial charge in [-0.1, -0.05) is 12.8 Å². The first-order valence-electron chi connectivity index (χ1n) is 10.6. The van der Waals surface area contributed by atoms with Crippen LogP contribution in [-0.2, 0) is 16.1 Å². The monoisotopic (exact) mass is 414 g/mol. The van der Waals surface area contributed by atoms with Crippen LogP contribution in [0.5, 0.6) is 0 Å². The van der Waals surface area contributed by atoms with E-state index in [0.717, 1.165) is 25.7 Å². The van der Waals surface area contributed by atoms with Crippen LogP contribution in [0, 0.1) is 19.8 Å². The molecule has 0 aliphatic heterocycles. The predicted octanol–water partition coefficient (Wildman–Crippen LogP) is 4.19. The Morgan fingerprint density at radius 1 is 1.27 bits per heavy atom. The smallest absolute Gasteiger partial charge is 0.355 e. The second-order valence-electron chi connectivity index (χ2n) is 7.91. The summed E-state index contributed by atoms with van der Waals surface area (Å²) in [6, 6.07) is 2.88. The minimum Gasteiger partial charge on any atom is -0.467 e. The van der Waals surface area contributed by atoms with Crippen LogP contribution in [-0.4, -0.2) is 40.2 Å². The number of aromatic amines is 1.